The zero-order valence-electron chi connectivity index (χ0n) is 12.9. The Kier molecular flexibility index (Phi) is 4.91. The van der Waals surface area contributed by atoms with Crippen LogP contribution in [0.5, 0.6) is 5.75 Å². The van der Waals surface area contributed by atoms with Crippen LogP contribution in [0.15, 0.2) is 23.1 Å². The molecule has 0 heterocycles. The van der Waals surface area contributed by atoms with E-state index >= 15 is 0 Å². The topological polar surface area (TPSA) is 67.4 Å². The molecular weight excluding hydrogens is 288 g/mol. The van der Waals surface area contributed by atoms with Crippen molar-refractivity contribution in [1.29, 1.82) is 0 Å². The third-order valence-electron chi connectivity index (χ3n) is 4.24. The maximum absolute atomic E-state index is 12.6. The molecule has 0 aliphatic heterocycles. The van der Waals surface area contributed by atoms with E-state index < -0.39 is 10.0 Å². The number of hydrogen-bond donors (Lipinski definition) is 2. The number of ether oxygens (including phenoxy) is 1. The quantitative estimate of drug-likeness (QED) is 0.808. The maximum atomic E-state index is 12.6. The molecule has 1 saturated carbocycles. The Balaban J connectivity index is 2.31. The lowest BCUT2D eigenvalue weighted by atomic mass is 9.76. The van der Waals surface area contributed by atoms with Gasteiger partial charge >= 0.3 is 0 Å². The van der Waals surface area contributed by atoms with E-state index in [0.717, 1.165) is 31.2 Å². The van der Waals surface area contributed by atoms with Crippen LogP contribution in [0, 0.1) is 0 Å². The SMILES string of the molecule is CCC1(NS(=O)(=O)c2ccc(CNC)cc2OC)CCC1. The minimum absolute atomic E-state index is 0.213. The molecule has 1 aliphatic rings. The molecule has 0 amide bonds. The molecule has 1 aliphatic carbocycles. The highest BCUT2D eigenvalue weighted by atomic mass is 32.2. The standard InChI is InChI=1S/C15H24N2O3S/c1-4-15(8-5-9-15)17-21(18,19)14-7-6-12(11-16-2)10-13(14)20-3/h6-7,10,16-17H,4-5,8-9,11H2,1-3H3. The molecule has 0 bridgehead atoms. The summed E-state index contributed by atoms with van der Waals surface area (Å²) < 4.78 is 33.4. The highest BCUT2D eigenvalue weighted by Gasteiger charge is 2.39. The van der Waals surface area contributed by atoms with Gasteiger partial charge in [-0.1, -0.05) is 13.0 Å². The highest BCUT2D eigenvalue weighted by molar-refractivity contribution is 7.89. The van der Waals surface area contributed by atoms with Gasteiger partial charge in [-0.2, -0.15) is 0 Å². The molecular formula is C15H24N2O3S. The van der Waals surface area contributed by atoms with E-state index in [0.29, 0.717) is 12.3 Å². The molecule has 21 heavy (non-hydrogen) atoms. The second-order valence-electron chi connectivity index (χ2n) is 5.61. The summed E-state index contributed by atoms with van der Waals surface area (Å²) in [5, 5.41) is 3.04. The van der Waals surface area contributed by atoms with Gasteiger partial charge in [-0.15, -0.1) is 0 Å². The molecule has 2 rings (SSSR count). The van der Waals surface area contributed by atoms with Crippen molar-refractivity contribution < 1.29 is 13.2 Å². The number of nitrogens with one attached hydrogen (secondary N) is 2. The van der Waals surface area contributed by atoms with Gasteiger partial charge in [0.1, 0.15) is 10.6 Å². The first-order valence-corrected chi connectivity index (χ1v) is 8.80. The van der Waals surface area contributed by atoms with Crippen molar-refractivity contribution in [3.63, 3.8) is 0 Å². The number of benzene rings is 1. The van der Waals surface area contributed by atoms with E-state index in [4.69, 9.17) is 4.74 Å². The molecule has 0 saturated heterocycles. The van der Waals surface area contributed by atoms with E-state index in [1.54, 1.807) is 12.1 Å². The number of hydrogen-bond acceptors (Lipinski definition) is 4. The Labute approximate surface area is 127 Å². The van der Waals surface area contributed by atoms with Gasteiger partial charge in [0, 0.05) is 12.1 Å². The summed E-state index contributed by atoms with van der Waals surface area (Å²) in [7, 11) is -0.217. The predicted molar refractivity (Wildman–Crippen MR) is 83.0 cm³/mol. The first-order chi connectivity index (χ1) is 9.96. The predicted octanol–water partition coefficient (Wildman–Crippen LogP) is 2.03. The molecule has 6 heteroatoms. The summed E-state index contributed by atoms with van der Waals surface area (Å²) in [6.07, 6.45) is 3.70. The smallest absolute Gasteiger partial charge is 0.244 e. The fourth-order valence-electron chi connectivity index (χ4n) is 2.72. The van der Waals surface area contributed by atoms with Crippen LogP contribution in [0.2, 0.25) is 0 Å². The molecule has 0 atom stereocenters. The van der Waals surface area contributed by atoms with Crippen LogP contribution in [0.4, 0.5) is 0 Å². The Morgan fingerprint density at radius 3 is 2.52 bits per heavy atom. The minimum atomic E-state index is -3.56. The number of methoxy groups -OCH3 is 1. The lowest BCUT2D eigenvalue weighted by Gasteiger charge is -2.41. The fourth-order valence-corrected chi connectivity index (χ4v) is 4.40. The largest absolute Gasteiger partial charge is 0.495 e. The Morgan fingerprint density at radius 1 is 1.33 bits per heavy atom. The molecule has 1 aromatic carbocycles. The summed E-state index contributed by atoms with van der Waals surface area (Å²) in [4.78, 5) is 0.213. The summed E-state index contributed by atoms with van der Waals surface area (Å²) >= 11 is 0. The second-order valence-corrected chi connectivity index (χ2v) is 7.26. The third-order valence-corrected chi connectivity index (χ3v) is 5.85. The average Bonchev–Trinajstić information content (AvgIpc) is 2.43. The fraction of sp³-hybridized carbons (Fsp3) is 0.600. The zero-order chi connectivity index (χ0) is 15.5. The first kappa shape index (κ1) is 16.3. The summed E-state index contributed by atoms with van der Waals surface area (Å²) in [6, 6.07) is 5.20. The average molecular weight is 312 g/mol. The molecule has 1 fully saturated rings. The first-order valence-electron chi connectivity index (χ1n) is 7.32. The summed E-state index contributed by atoms with van der Waals surface area (Å²) in [6.45, 7) is 2.69. The van der Waals surface area contributed by atoms with E-state index in [2.05, 4.69) is 10.0 Å². The van der Waals surface area contributed by atoms with Crippen LogP contribution in [0.25, 0.3) is 0 Å². The maximum Gasteiger partial charge on any atom is 0.244 e. The van der Waals surface area contributed by atoms with Gasteiger partial charge in [0.15, 0.2) is 0 Å². The second kappa shape index (κ2) is 6.34. The lowest BCUT2D eigenvalue weighted by Crippen LogP contribution is -2.52. The van der Waals surface area contributed by atoms with Crippen LogP contribution in [0.1, 0.15) is 38.2 Å². The Bertz CT molecular complexity index is 589. The van der Waals surface area contributed by atoms with Crippen molar-refractivity contribution in [3.05, 3.63) is 23.8 Å². The van der Waals surface area contributed by atoms with Crippen molar-refractivity contribution in [3.8, 4) is 5.75 Å². The van der Waals surface area contributed by atoms with E-state index in [1.165, 1.54) is 7.11 Å². The van der Waals surface area contributed by atoms with Gasteiger partial charge in [0.2, 0.25) is 10.0 Å². The van der Waals surface area contributed by atoms with Gasteiger partial charge in [0.25, 0.3) is 0 Å². The van der Waals surface area contributed by atoms with Crippen LogP contribution in [0.3, 0.4) is 0 Å². The molecule has 0 spiro atoms. The van der Waals surface area contributed by atoms with Gasteiger partial charge in [-0.3, -0.25) is 0 Å². The minimum Gasteiger partial charge on any atom is -0.495 e. The van der Waals surface area contributed by atoms with Crippen molar-refractivity contribution >= 4 is 10.0 Å². The van der Waals surface area contributed by atoms with Crippen LogP contribution < -0.4 is 14.8 Å². The number of rotatable bonds is 7. The van der Waals surface area contributed by atoms with Gasteiger partial charge in [-0.05, 0) is 50.4 Å². The molecule has 0 unspecified atom stereocenters. The van der Waals surface area contributed by atoms with Crippen LogP contribution in [-0.4, -0.2) is 28.1 Å². The monoisotopic (exact) mass is 312 g/mol. The Morgan fingerprint density at radius 2 is 2.05 bits per heavy atom. The molecule has 0 aromatic heterocycles. The van der Waals surface area contributed by atoms with Gasteiger partial charge in [0.05, 0.1) is 7.11 Å². The highest BCUT2D eigenvalue weighted by Crippen LogP contribution is 2.37. The summed E-state index contributed by atoms with van der Waals surface area (Å²) in [5.74, 6) is 0.390. The van der Waals surface area contributed by atoms with Crippen molar-refractivity contribution in [2.45, 2.75) is 49.6 Å². The molecule has 2 N–H and O–H groups in total. The van der Waals surface area contributed by atoms with E-state index in [9.17, 15) is 8.42 Å². The van der Waals surface area contributed by atoms with Gasteiger partial charge in [-0.25, -0.2) is 13.1 Å². The van der Waals surface area contributed by atoms with E-state index in [1.807, 2.05) is 20.0 Å². The zero-order valence-corrected chi connectivity index (χ0v) is 13.7. The van der Waals surface area contributed by atoms with Crippen molar-refractivity contribution in [2.24, 2.45) is 0 Å². The normalized spacial score (nSPS) is 17.3. The van der Waals surface area contributed by atoms with Crippen molar-refractivity contribution in [2.75, 3.05) is 14.2 Å². The Hall–Kier alpha value is -1.11. The van der Waals surface area contributed by atoms with Crippen LogP contribution in [-0.2, 0) is 16.6 Å². The lowest BCUT2D eigenvalue weighted by molar-refractivity contribution is 0.213. The molecule has 5 nitrogen and oxygen atoms in total. The van der Waals surface area contributed by atoms with Crippen molar-refractivity contribution in [1.82, 2.24) is 10.0 Å². The third kappa shape index (κ3) is 3.39. The molecule has 1 aromatic rings. The van der Waals surface area contributed by atoms with E-state index in [-0.39, 0.29) is 10.4 Å². The van der Waals surface area contributed by atoms with Gasteiger partial charge < -0.3 is 10.1 Å². The molecule has 118 valence electrons. The number of sulfonamides is 1. The van der Waals surface area contributed by atoms with Crippen LogP contribution >= 0.6 is 0 Å². The summed E-state index contributed by atoms with van der Waals surface area (Å²) in [5.41, 5.74) is 0.718. The molecule has 0 radical (unpaired) electrons.